The van der Waals surface area contributed by atoms with Crippen molar-refractivity contribution in [3.63, 3.8) is 0 Å². The van der Waals surface area contributed by atoms with Crippen LogP contribution in [0.4, 0.5) is 0 Å². The smallest absolute Gasteiger partial charge is 0.330 e. The number of nitrogens with zero attached hydrogens (tertiary/aromatic N) is 1. The molecule has 2 N–H and O–H groups in total. The molecule has 0 fully saturated rings. The van der Waals surface area contributed by atoms with E-state index in [1.54, 1.807) is 33.5 Å². The monoisotopic (exact) mass is 333 g/mol. The quantitative estimate of drug-likeness (QED) is 0.526. The van der Waals surface area contributed by atoms with Gasteiger partial charge in [0.2, 0.25) is 0 Å². The first-order chi connectivity index (χ1) is 11.0. The van der Waals surface area contributed by atoms with Gasteiger partial charge in [0.25, 0.3) is 5.91 Å². The SMILES string of the molecule is CN(C)CCCNC(=O)c1ccc([B]OC(C)(C)C(C)(C)O)cc1. The molecular formula is C18H30BN2O3. The fraction of sp³-hybridized carbons (Fsp3) is 0.611. The van der Waals surface area contributed by atoms with Crippen molar-refractivity contribution in [2.75, 3.05) is 27.2 Å². The third kappa shape index (κ3) is 6.63. The van der Waals surface area contributed by atoms with E-state index in [1.165, 1.54) is 0 Å². The van der Waals surface area contributed by atoms with Crippen LogP contribution in [0.25, 0.3) is 0 Å². The van der Waals surface area contributed by atoms with Gasteiger partial charge in [-0.25, -0.2) is 0 Å². The topological polar surface area (TPSA) is 61.8 Å². The van der Waals surface area contributed by atoms with E-state index in [0.717, 1.165) is 18.4 Å². The maximum absolute atomic E-state index is 12.1. The Balaban J connectivity index is 2.49. The average molecular weight is 333 g/mol. The van der Waals surface area contributed by atoms with Crippen molar-refractivity contribution in [2.45, 2.75) is 45.3 Å². The van der Waals surface area contributed by atoms with E-state index in [4.69, 9.17) is 4.65 Å². The largest absolute Gasteiger partial charge is 0.427 e. The van der Waals surface area contributed by atoms with Crippen LogP contribution in [0, 0.1) is 0 Å². The van der Waals surface area contributed by atoms with Crippen LogP contribution in [0.2, 0.25) is 0 Å². The van der Waals surface area contributed by atoms with Crippen LogP contribution in [0.3, 0.4) is 0 Å². The first-order valence-electron chi connectivity index (χ1n) is 8.29. The van der Waals surface area contributed by atoms with Crippen LogP contribution < -0.4 is 10.8 Å². The Hall–Kier alpha value is -1.37. The lowest BCUT2D eigenvalue weighted by atomic mass is 9.82. The Bertz CT molecular complexity index is 522. The summed E-state index contributed by atoms with van der Waals surface area (Å²) in [6.45, 7) is 8.70. The van der Waals surface area contributed by atoms with E-state index < -0.39 is 11.2 Å². The molecule has 0 aliphatic rings. The number of carbonyl (C=O) groups is 1. The first kappa shape index (κ1) is 20.7. The zero-order valence-electron chi connectivity index (χ0n) is 15.7. The molecule has 0 bridgehead atoms. The second-order valence-corrected chi connectivity index (χ2v) is 7.34. The lowest BCUT2D eigenvalue weighted by molar-refractivity contribution is -0.0893. The van der Waals surface area contributed by atoms with Crippen molar-refractivity contribution < 1.29 is 14.6 Å². The van der Waals surface area contributed by atoms with Crippen LogP contribution in [-0.2, 0) is 4.65 Å². The molecule has 0 spiro atoms. The highest BCUT2D eigenvalue weighted by Crippen LogP contribution is 2.24. The zero-order valence-corrected chi connectivity index (χ0v) is 15.7. The molecule has 6 heteroatoms. The van der Waals surface area contributed by atoms with Crippen LogP contribution in [0.15, 0.2) is 24.3 Å². The van der Waals surface area contributed by atoms with Gasteiger partial charge in [-0.1, -0.05) is 17.6 Å². The van der Waals surface area contributed by atoms with Gasteiger partial charge in [0.1, 0.15) is 0 Å². The summed E-state index contributed by atoms with van der Waals surface area (Å²) in [7, 11) is 5.63. The molecule has 0 aliphatic carbocycles. The summed E-state index contributed by atoms with van der Waals surface area (Å²) in [5, 5.41) is 13.0. The van der Waals surface area contributed by atoms with Gasteiger partial charge in [0.05, 0.1) is 11.2 Å². The number of hydrogen-bond acceptors (Lipinski definition) is 4. The van der Waals surface area contributed by atoms with Crippen molar-refractivity contribution in [3.8, 4) is 0 Å². The zero-order chi connectivity index (χ0) is 18.4. The summed E-state index contributed by atoms with van der Waals surface area (Å²) in [6.07, 6.45) is 0.921. The lowest BCUT2D eigenvalue weighted by Crippen LogP contribution is -2.49. The van der Waals surface area contributed by atoms with E-state index in [1.807, 2.05) is 40.1 Å². The minimum absolute atomic E-state index is 0.0713. The van der Waals surface area contributed by atoms with Gasteiger partial charge in [-0.15, -0.1) is 0 Å². The van der Waals surface area contributed by atoms with Crippen LogP contribution in [-0.4, -0.2) is 61.8 Å². The molecule has 0 unspecified atom stereocenters. The Morgan fingerprint density at radius 3 is 2.29 bits per heavy atom. The number of rotatable bonds is 9. The number of benzene rings is 1. The second-order valence-electron chi connectivity index (χ2n) is 7.34. The molecule has 1 aromatic rings. The van der Waals surface area contributed by atoms with Crippen molar-refractivity contribution in [1.29, 1.82) is 0 Å². The van der Waals surface area contributed by atoms with Gasteiger partial charge in [-0.2, -0.15) is 0 Å². The van der Waals surface area contributed by atoms with Crippen LogP contribution in [0.5, 0.6) is 0 Å². The number of aliphatic hydroxyl groups is 1. The summed E-state index contributed by atoms with van der Waals surface area (Å²) in [6, 6.07) is 7.20. The lowest BCUT2D eigenvalue weighted by Gasteiger charge is -2.37. The average Bonchev–Trinajstić information content (AvgIpc) is 2.48. The Labute approximate surface area is 146 Å². The summed E-state index contributed by atoms with van der Waals surface area (Å²) >= 11 is 0. The molecule has 0 heterocycles. The summed E-state index contributed by atoms with van der Waals surface area (Å²) in [5.41, 5.74) is -0.207. The molecule has 0 aliphatic heterocycles. The molecule has 0 saturated heterocycles. The minimum Gasteiger partial charge on any atom is -0.427 e. The second kappa shape index (κ2) is 8.65. The van der Waals surface area contributed by atoms with Crippen molar-refractivity contribution in [1.82, 2.24) is 10.2 Å². The molecule has 1 aromatic carbocycles. The van der Waals surface area contributed by atoms with Crippen molar-refractivity contribution >= 4 is 18.9 Å². The Morgan fingerprint density at radius 1 is 1.21 bits per heavy atom. The molecule has 0 atom stereocenters. The van der Waals surface area contributed by atoms with Crippen molar-refractivity contribution in [3.05, 3.63) is 29.8 Å². The fourth-order valence-electron chi connectivity index (χ4n) is 1.77. The normalized spacial score (nSPS) is 12.3. The van der Waals surface area contributed by atoms with Gasteiger partial charge in [-0.3, -0.25) is 4.79 Å². The van der Waals surface area contributed by atoms with Crippen LogP contribution >= 0.6 is 0 Å². The fourth-order valence-corrected chi connectivity index (χ4v) is 1.77. The molecular weight excluding hydrogens is 303 g/mol. The summed E-state index contributed by atoms with van der Waals surface area (Å²) in [4.78, 5) is 14.1. The number of carbonyl (C=O) groups excluding carboxylic acids is 1. The number of nitrogens with one attached hydrogen (secondary N) is 1. The third-order valence-corrected chi connectivity index (χ3v) is 4.20. The van der Waals surface area contributed by atoms with E-state index >= 15 is 0 Å². The summed E-state index contributed by atoms with van der Waals surface area (Å²) in [5.74, 6) is -0.0713. The van der Waals surface area contributed by atoms with Gasteiger partial charge in [0, 0.05) is 12.1 Å². The minimum atomic E-state index is -0.962. The van der Waals surface area contributed by atoms with Gasteiger partial charge >= 0.3 is 7.48 Å². The molecule has 0 saturated carbocycles. The highest BCUT2D eigenvalue weighted by Gasteiger charge is 2.35. The highest BCUT2D eigenvalue weighted by atomic mass is 16.5. The Kier molecular flexibility index (Phi) is 7.45. The third-order valence-electron chi connectivity index (χ3n) is 4.20. The Morgan fingerprint density at radius 2 is 1.79 bits per heavy atom. The van der Waals surface area contributed by atoms with E-state index in [2.05, 4.69) is 10.2 Å². The molecule has 5 nitrogen and oxygen atoms in total. The molecule has 133 valence electrons. The number of amides is 1. The van der Waals surface area contributed by atoms with E-state index in [-0.39, 0.29) is 5.91 Å². The molecule has 0 aromatic heterocycles. The van der Waals surface area contributed by atoms with E-state index in [0.29, 0.717) is 12.1 Å². The maximum atomic E-state index is 12.1. The highest BCUT2D eigenvalue weighted by molar-refractivity contribution is 6.47. The summed E-state index contributed by atoms with van der Waals surface area (Å²) < 4.78 is 5.70. The standard InChI is InChI=1S/C18H30BN2O3/c1-17(2,23)18(3,4)24-19-15-10-8-14(9-11-15)16(22)20-12-7-13-21(5)6/h8-11,23H,7,12-13H2,1-6H3,(H,20,22). The van der Waals surface area contributed by atoms with Gasteiger partial charge in [0.15, 0.2) is 0 Å². The predicted octanol–water partition coefficient (Wildman–Crippen LogP) is 1.18. The predicted molar refractivity (Wildman–Crippen MR) is 98.8 cm³/mol. The van der Waals surface area contributed by atoms with E-state index in [9.17, 15) is 9.90 Å². The molecule has 24 heavy (non-hydrogen) atoms. The first-order valence-corrected chi connectivity index (χ1v) is 8.29. The molecule has 1 radical (unpaired) electrons. The van der Waals surface area contributed by atoms with Gasteiger partial charge in [-0.05, 0) is 66.9 Å². The van der Waals surface area contributed by atoms with Crippen molar-refractivity contribution in [2.24, 2.45) is 0 Å². The number of hydrogen-bond donors (Lipinski definition) is 2. The molecule has 1 rings (SSSR count). The maximum Gasteiger partial charge on any atom is 0.330 e. The van der Waals surface area contributed by atoms with Crippen LogP contribution in [0.1, 0.15) is 44.5 Å². The van der Waals surface area contributed by atoms with Gasteiger partial charge < -0.3 is 20.0 Å². The molecule has 1 amide bonds.